The van der Waals surface area contributed by atoms with Crippen LogP contribution in [0.1, 0.15) is 36.4 Å². The molecule has 2 fully saturated rings. The number of nitrogens with zero attached hydrogens (tertiary/aromatic N) is 6. The Morgan fingerprint density at radius 2 is 1.68 bits per heavy atom. The number of carbonyl (C=O) groups is 3. The van der Waals surface area contributed by atoms with Crippen molar-refractivity contribution in [3.05, 3.63) is 104 Å². The molecular formula is C32H25BrCl2N6O3. The number of fused-ring (bicyclic) bond motifs is 2. The van der Waals surface area contributed by atoms with Crippen LogP contribution in [0, 0.1) is 5.92 Å². The highest BCUT2D eigenvalue weighted by molar-refractivity contribution is 9.10. The number of imide groups is 1. The molecule has 0 spiro atoms. The third kappa shape index (κ3) is 5.14. The first kappa shape index (κ1) is 28.9. The lowest BCUT2D eigenvalue weighted by molar-refractivity contribution is -0.136. The van der Waals surface area contributed by atoms with E-state index in [9.17, 15) is 14.4 Å². The van der Waals surface area contributed by atoms with E-state index in [0.717, 1.165) is 51.0 Å². The quantitative estimate of drug-likeness (QED) is 0.273. The third-order valence-electron chi connectivity index (χ3n) is 8.40. The zero-order chi connectivity index (χ0) is 30.5. The van der Waals surface area contributed by atoms with E-state index in [0.29, 0.717) is 15.7 Å². The van der Waals surface area contributed by atoms with Crippen LogP contribution >= 0.6 is 39.1 Å². The summed E-state index contributed by atoms with van der Waals surface area (Å²) >= 11 is 15.7. The van der Waals surface area contributed by atoms with Crippen LogP contribution in [0.4, 0.5) is 5.69 Å². The second-order valence-corrected chi connectivity index (χ2v) is 12.9. The predicted octanol–water partition coefficient (Wildman–Crippen LogP) is 6.87. The molecule has 222 valence electrons. The minimum Gasteiger partial charge on any atom is -0.271 e. The van der Waals surface area contributed by atoms with Gasteiger partial charge in [-0.25, -0.2) is 9.91 Å². The van der Waals surface area contributed by atoms with Gasteiger partial charge in [0.2, 0.25) is 0 Å². The molecule has 0 aromatic heterocycles. The van der Waals surface area contributed by atoms with E-state index in [1.54, 1.807) is 18.2 Å². The summed E-state index contributed by atoms with van der Waals surface area (Å²) in [6, 6.07) is 19.6. The Labute approximate surface area is 271 Å². The number of hydrazone groups is 1. The van der Waals surface area contributed by atoms with E-state index in [4.69, 9.17) is 28.3 Å². The number of hydrogen-bond donors (Lipinski definition) is 0. The molecule has 0 N–H and O–H groups in total. The highest BCUT2D eigenvalue weighted by Gasteiger charge is 2.55. The van der Waals surface area contributed by atoms with Crippen LogP contribution in [0.15, 0.2) is 98.3 Å². The number of amides is 3. The SMILES string of the molecule is O=C1[C@@H]2[C@@H](N=NN2CC(=O)N2N=C3/C(=C/c4ccc(Cl)cc4)CCC[C@@H]3[C@@H]2c2ccc(Cl)cc2)C(=O)N1c1cccc(Br)c1. The molecule has 3 aromatic rings. The molecule has 3 aromatic carbocycles. The van der Waals surface area contributed by atoms with E-state index >= 15 is 0 Å². The number of allylic oxidation sites excluding steroid dienone is 1. The van der Waals surface area contributed by atoms with Crippen molar-refractivity contribution in [1.82, 2.24) is 10.0 Å². The smallest absolute Gasteiger partial charge is 0.264 e. The van der Waals surface area contributed by atoms with Crippen molar-refractivity contribution < 1.29 is 14.4 Å². The van der Waals surface area contributed by atoms with Gasteiger partial charge in [-0.3, -0.25) is 19.4 Å². The fourth-order valence-electron chi connectivity index (χ4n) is 6.40. The number of benzene rings is 3. The van der Waals surface area contributed by atoms with E-state index in [2.05, 4.69) is 32.3 Å². The molecule has 3 amide bonds. The van der Waals surface area contributed by atoms with Crippen molar-refractivity contribution in [2.45, 2.75) is 37.4 Å². The van der Waals surface area contributed by atoms with Gasteiger partial charge in [-0.1, -0.05) is 74.7 Å². The van der Waals surface area contributed by atoms with Gasteiger partial charge in [-0.2, -0.15) is 10.2 Å². The highest BCUT2D eigenvalue weighted by atomic mass is 79.9. The maximum Gasteiger partial charge on any atom is 0.264 e. The number of rotatable bonds is 5. The van der Waals surface area contributed by atoms with Crippen molar-refractivity contribution in [2.24, 2.45) is 21.4 Å². The first-order chi connectivity index (χ1) is 21.3. The molecule has 3 aliphatic heterocycles. The Kier molecular flexibility index (Phi) is 7.60. The maximum absolute atomic E-state index is 14.1. The molecule has 1 saturated carbocycles. The van der Waals surface area contributed by atoms with Crippen LogP contribution in [0.5, 0.6) is 0 Å². The number of anilines is 1. The van der Waals surface area contributed by atoms with Crippen molar-refractivity contribution in [3.8, 4) is 0 Å². The Morgan fingerprint density at radius 1 is 0.955 bits per heavy atom. The van der Waals surface area contributed by atoms with Gasteiger partial charge in [0.25, 0.3) is 17.7 Å². The van der Waals surface area contributed by atoms with E-state index in [1.165, 1.54) is 10.0 Å². The zero-order valence-electron chi connectivity index (χ0n) is 23.2. The van der Waals surface area contributed by atoms with Crippen LogP contribution in [-0.2, 0) is 14.4 Å². The average Bonchev–Trinajstić information content (AvgIpc) is 3.68. The van der Waals surface area contributed by atoms with E-state index < -0.39 is 23.9 Å². The second kappa shape index (κ2) is 11.6. The zero-order valence-corrected chi connectivity index (χ0v) is 26.3. The lowest BCUT2D eigenvalue weighted by Gasteiger charge is -2.30. The first-order valence-corrected chi connectivity index (χ1v) is 15.8. The van der Waals surface area contributed by atoms with Crippen molar-refractivity contribution in [2.75, 3.05) is 11.4 Å². The summed E-state index contributed by atoms with van der Waals surface area (Å²) in [4.78, 5) is 41.9. The monoisotopic (exact) mass is 690 g/mol. The minimum atomic E-state index is -1.01. The summed E-state index contributed by atoms with van der Waals surface area (Å²) in [6.45, 7) is -0.264. The van der Waals surface area contributed by atoms with Gasteiger partial charge in [0, 0.05) is 20.4 Å². The molecule has 0 bridgehead atoms. The van der Waals surface area contributed by atoms with E-state index in [1.807, 2.05) is 54.6 Å². The number of carbonyl (C=O) groups excluding carboxylic acids is 3. The van der Waals surface area contributed by atoms with Crippen LogP contribution in [0.25, 0.3) is 6.08 Å². The van der Waals surface area contributed by atoms with Gasteiger partial charge >= 0.3 is 0 Å². The molecule has 0 radical (unpaired) electrons. The largest absolute Gasteiger partial charge is 0.271 e. The molecule has 1 saturated heterocycles. The Hall–Kier alpha value is -3.86. The minimum absolute atomic E-state index is 0.0258. The molecule has 0 unspecified atom stereocenters. The maximum atomic E-state index is 14.1. The van der Waals surface area contributed by atoms with Crippen LogP contribution in [0.2, 0.25) is 10.0 Å². The number of hydrogen-bond acceptors (Lipinski definition) is 7. The molecule has 9 nitrogen and oxygen atoms in total. The van der Waals surface area contributed by atoms with Gasteiger partial charge in [0.1, 0.15) is 6.54 Å². The van der Waals surface area contributed by atoms with Crippen molar-refractivity contribution in [3.63, 3.8) is 0 Å². The Bertz CT molecular complexity index is 1760. The van der Waals surface area contributed by atoms with Crippen molar-refractivity contribution >= 4 is 74.3 Å². The summed E-state index contributed by atoms with van der Waals surface area (Å²) in [5, 5.41) is 17.2. The summed E-state index contributed by atoms with van der Waals surface area (Å²) in [5.41, 5.74) is 4.29. The summed E-state index contributed by atoms with van der Waals surface area (Å²) in [5.74, 6) is -1.32. The molecular weight excluding hydrogens is 667 g/mol. The first-order valence-electron chi connectivity index (χ1n) is 14.2. The van der Waals surface area contributed by atoms with Crippen LogP contribution < -0.4 is 4.90 Å². The lowest BCUT2D eigenvalue weighted by Crippen LogP contribution is -2.45. The predicted molar refractivity (Wildman–Crippen MR) is 171 cm³/mol. The normalized spacial score (nSPS) is 25.1. The number of halogens is 3. The van der Waals surface area contributed by atoms with Gasteiger partial charge in [0.05, 0.1) is 17.4 Å². The summed E-state index contributed by atoms with van der Waals surface area (Å²) in [7, 11) is 0. The molecule has 7 rings (SSSR count). The van der Waals surface area contributed by atoms with Gasteiger partial charge in [-0.15, -0.1) is 0 Å². The fraction of sp³-hybridized carbons (Fsp3) is 0.250. The molecule has 44 heavy (non-hydrogen) atoms. The van der Waals surface area contributed by atoms with Gasteiger partial charge < -0.3 is 0 Å². The fourth-order valence-corrected chi connectivity index (χ4v) is 7.03. The second-order valence-electron chi connectivity index (χ2n) is 11.1. The van der Waals surface area contributed by atoms with Crippen LogP contribution in [0.3, 0.4) is 0 Å². The molecule has 3 heterocycles. The van der Waals surface area contributed by atoms with Gasteiger partial charge in [-0.05, 0) is 84.5 Å². The molecule has 4 aliphatic rings. The third-order valence-corrected chi connectivity index (χ3v) is 9.40. The van der Waals surface area contributed by atoms with E-state index in [-0.39, 0.29) is 24.4 Å². The topological polar surface area (TPSA) is 98.0 Å². The average molecular weight is 692 g/mol. The molecule has 1 aliphatic carbocycles. The molecule has 12 heteroatoms. The van der Waals surface area contributed by atoms with Crippen molar-refractivity contribution in [1.29, 1.82) is 0 Å². The summed E-state index contributed by atoms with van der Waals surface area (Å²) in [6.07, 6.45) is 4.74. The molecule has 4 atom stereocenters. The van der Waals surface area contributed by atoms with Crippen LogP contribution in [-0.4, -0.2) is 52.1 Å². The Morgan fingerprint density at radius 3 is 2.41 bits per heavy atom. The highest BCUT2D eigenvalue weighted by Crippen LogP contribution is 2.45. The lowest BCUT2D eigenvalue weighted by atomic mass is 9.77. The standard InChI is InChI=1S/C32H25BrCl2N6O3/c33-21-4-2-5-24(16-21)40-31(43)28-30(32(40)44)39(38-36-28)17-26(42)41-29(19-9-13-23(35)14-10-19)25-6-1-3-20(27(25)37-41)15-18-7-11-22(34)12-8-18/h2,4-5,7-16,25,28-30H,1,3,6,17H2/b20-15+/t25-,28+,29-,30-/m0/s1. The summed E-state index contributed by atoms with van der Waals surface area (Å²) < 4.78 is 0.730. The van der Waals surface area contributed by atoms with Gasteiger partial charge in [0.15, 0.2) is 12.1 Å². The Balaban J connectivity index is 1.19.